The van der Waals surface area contributed by atoms with E-state index in [2.05, 4.69) is 28.0 Å². The Labute approximate surface area is 133 Å². The number of hydrogen-bond acceptors (Lipinski definition) is 4. The van der Waals surface area contributed by atoms with Crippen LogP contribution in [0, 0.1) is 11.3 Å². The fourth-order valence-electron chi connectivity index (χ4n) is 3.48. The fraction of sp³-hybridized carbons (Fsp3) is 0.611. The maximum atomic E-state index is 8.90. The van der Waals surface area contributed by atoms with E-state index in [9.17, 15) is 0 Å². The lowest BCUT2D eigenvalue weighted by Crippen LogP contribution is -2.49. The molecular formula is C18H25N3O. The van der Waals surface area contributed by atoms with Crippen molar-refractivity contribution in [1.82, 2.24) is 9.80 Å². The standard InChI is InChI=1S/C18H25N3O/c19-13-16-4-6-17(7-5-16)14-21-8-2-1-3-18(21)15-20-9-11-22-12-10-20/h4-7,18H,1-3,8-12,14-15H2. The second-order valence-electron chi connectivity index (χ2n) is 6.34. The molecule has 0 aromatic heterocycles. The summed E-state index contributed by atoms with van der Waals surface area (Å²) in [6.45, 7) is 7.25. The van der Waals surface area contributed by atoms with Crippen LogP contribution in [0.1, 0.15) is 30.4 Å². The van der Waals surface area contributed by atoms with Crippen LogP contribution in [0.2, 0.25) is 0 Å². The summed E-state index contributed by atoms with van der Waals surface area (Å²) in [5.41, 5.74) is 2.06. The summed E-state index contributed by atoms with van der Waals surface area (Å²) >= 11 is 0. The number of nitrogens with zero attached hydrogens (tertiary/aromatic N) is 3. The van der Waals surface area contributed by atoms with Gasteiger partial charge < -0.3 is 4.74 Å². The van der Waals surface area contributed by atoms with E-state index in [-0.39, 0.29) is 0 Å². The Morgan fingerprint density at radius 1 is 1.09 bits per heavy atom. The van der Waals surface area contributed by atoms with Crippen LogP contribution < -0.4 is 0 Å². The summed E-state index contributed by atoms with van der Waals surface area (Å²) in [5.74, 6) is 0. The molecule has 0 spiro atoms. The van der Waals surface area contributed by atoms with Crippen LogP contribution in [-0.4, -0.2) is 55.2 Å². The number of likely N-dealkylation sites (tertiary alicyclic amines) is 1. The van der Waals surface area contributed by atoms with E-state index in [0.29, 0.717) is 6.04 Å². The third-order valence-electron chi connectivity index (χ3n) is 4.79. The van der Waals surface area contributed by atoms with Gasteiger partial charge in [0, 0.05) is 32.2 Å². The van der Waals surface area contributed by atoms with Crippen LogP contribution in [0.25, 0.3) is 0 Å². The second kappa shape index (κ2) is 7.73. The van der Waals surface area contributed by atoms with Crippen molar-refractivity contribution in [1.29, 1.82) is 5.26 Å². The predicted molar refractivity (Wildman–Crippen MR) is 86.5 cm³/mol. The molecule has 118 valence electrons. The molecule has 3 rings (SSSR count). The minimum atomic E-state index is 0.655. The Bertz CT molecular complexity index is 502. The van der Waals surface area contributed by atoms with Gasteiger partial charge in [0.15, 0.2) is 0 Å². The Balaban J connectivity index is 1.60. The highest BCUT2D eigenvalue weighted by atomic mass is 16.5. The molecule has 4 nitrogen and oxygen atoms in total. The Morgan fingerprint density at radius 2 is 1.86 bits per heavy atom. The van der Waals surface area contributed by atoms with Gasteiger partial charge in [0.05, 0.1) is 24.8 Å². The fourth-order valence-corrected chi connectivity index (χ4v) is 3.48. The minimum Gasteiger partial charge on any atom is -0.379 e. The molecule has 1 atom stereocenters. The molecule has 2 heterocycles. The second-order valence-corrected chi connectivity index (χ2v) is 6.34. The first-order valence-corrected chi connectivity index (χ1v) is 8.38. The normalized spacial score (nSPS) is 24.0. The van der Waals surface area contributed by atoms with Crippen LogP contribution in [-0.2, 0) is 11.3 Å². The van der Waals surface area contributed by atoms with Crippen LogP contribution in [0.4, 0.5) is 0 Å². The maximum Gasteiger partial charge on any atom is 0.0991 e. The van der Waals surface area contributed by atoms with Gasteiger partial charge in [-0.15, -0.1) is 0 Å². The van der Waals surface area contributed by atoms with Crippen molar-refractivity contribution in [2.45, 2.75) is 31.8 Å². The van der Waals surface area contributed by atoms with Crippen molar-refractivity contribution in [2.24, 2.45) is 0 Å². The number of nitriles is 1. The molecule has 2 aliphatic rings. The van der Waals surface area contributed by atoms with E-state index in [1.807, 2.05) is 12.1 Å². The van der Waals surface area contributed by atoms with Crippen LogP contribution in [0.3, 0.4) is 0 Å². The van der Waals surface area contributed by atoms with Crippen molar-refractivity contribution in [3.8, 4) is 6.07 Å². The lowest BCUT2D eigenvalue weighted by molar-refractivity contribution is 0.0153. The molecule has 4 heteroatoms. The third-order valence-corrected chi connectivity index (χ3v) is 4.79. The van der Waals surface area contributed by atoms with Gasteiger partial charge >= 0.3 is 0 Å². The number of morpholine rings is 1. The van der Waals surface area contributed by atoms with Gasteiger partial charge in [-0.25, -0.2) is 0 Å². The van der Waals surface area contributed by atoms with Crippen LogP contribution in [0.15, 0.2) is 24.3 Å². The highest BCUT2D eigenvalue weighted by Crippen LogP contribution is 2.21. The van der Waals surface area contributed by atoms with E-state index in [1.54, 1.807) is 0 Å². The molecule has 0 saturated carbocycles. The summed E-state index contributed by atoms with van der Waals surface area (Å²) in [4.78, 5) is 5.17. The highest BCUT2D eigenvalue weighted by Gasteiger charge is 2.25. The Kier molecular flexibility index (Phi) is 5.44. The molecule has 0 aliphatic carbocycles. The van der Waals surface area contributed by atoms with E-state index in [0.717, 1.165) is 38.4 Å². The number of piperidine rings is 1. The van der Waals surface area contributed by atoms with E-state index in [1.165, 1.54) is 37.9 Å². The first-order chi connectivity index (χ1) is 10.8. The number of rotatable bonds is 4. The smallest absolute Gasteiger partial charge is 0.0991 e. The highest BCUT2D eigenvalue weighted by molar-refractivity contribution is 5.31. The summed E-state index contributed by atoms with van der Waals surface area (Å²) in [6, 6.07) is 10.9. The quantitative estimate of drug-likeness (QED) is 0.855. The van der Waals surface area contributed by atoms with Gasteiger partial charge in [0.25, 0.3) is 0 Å². The van der Waals surface area contributed by atoms with Gasteiger partial charge in [-0.05, 0) is 37.1 Å². The molecule has 0 radical (unpaired) electrons. The summed E-state index contributed by atoms with van der Waals surface area (Å²) in [5, 5.41) is 8.90. The lowest BCUT2D eigenvalue weighted by Gasteiger charge is -2.39. The molecule has 2 fully saturated rings. The van der Waals surface area contributed by atoms with Gasteiger partial charge in [-0.1, -0.05) is 18.6 Å². The molecule has 1 unspecified atom stereocenters. The first kappa shape index (κ1) is 15.5. The van der Waals surface area contributed by atoms with E-state index < -0.39 is 0 Å². The molecule has 0 amide bonds. The van der Waals surface area contributed by atoms with Crippen LogP contribution >= 0.6 is 0 Å². The molecule has 0 N–H and O–H groups in total. The molecule has 2 saturated heterocycles. The number of hydrogen-bond donors (Lipinski definition) is 0. The minimum absolute atomic E-state index is 0.655. The topological polar surface area (TPSA) is 39.5 Å². The van der Waals surface area contributed by atoms with Crippen molar-refractivity contribution >= 4 is 0 Å². The van der Waals surface area contributed by atoms with Crippen molar-refractivity contribution < 1.29 is 4.74 Å². The summed E-state index contributed by atoms with van der Waals surface area (Å²) < 4.78 is 5.45. The average molecular weight is 299 g/mol. The first-order valence-electron chi connectivity index (χ1n) is 8.38. The molecule has 1 aromatic carbocycles. The van der Waals surface area contributed by atoms with Crippen molar-refractivity contribution in [2.75, 3.05) is 39.4 Å². The maximum absolute atomic E-state index is 8.90. The number of ether oxygens (including phenoxy) is 1. The number of benzene rings is 1. The molecule has 22 heavy (non-hydrogen) atoms. The van der Waals surface area contributed by atoms with Gasteiger partial charge in [-0.3, -0.25) is 9.80 Å². The largest absolute Gasteiger partial charge is 0.379 e. The molecule has 0 bridgehead atoms. The van der Waals surface area contributed by atoms with E-state index >= 15 is 0 Å². The molecule has 1 aromatic rings. The SMILES string of the molecule is N#Cc1ccc(CN2CCCCC2CN2CCOCC2)cc1. The van der Waals surface area contributed by atoms with Gasteiger partial charge in [0.2, 0.25) is 0 Å². The Hall–Kier alpha value is -1.41. The average Bonchev–Trinajstić information content (AvgIpc) is 2.58. The van der Waals surface area contributed by atoms with Gasteiger partial charge in [0.1, 0.15) is 0 Å². The van der Waals surface area contributed by atoms with E-state index in [4.69, 9.17) is 10.00 Å². The Morgan fingerprint density at radius 3 is 2.59 bits per heavy atom. The van der Waals surface area contributed by atoms with Crippen LogP contribution in [0.5, 0.6) is 0 Å². The monoisotopic (exact) mass is 299 g/mol. The van der Waals surface area contributed by atoms with Crippen molar-refractivity contribution in [3.63, 3.8) is 0 Å². The van der Waals surface area contributed by atoms with Gasteiger partial charge in [-0.2, -0.15) is 5.26 Å². The zero-order valence-electron chi connectivity index (χ0n) is 13.2. The lowest BCUT2D eigenvalue weighted by atomic mass is 10.00. The summed E-state index contributed by atoms with van der Waals surface area (Å²) in [6.07, 6.45) is 3.95. The molecular weight excluding hydrogens is 274 g/mol. The summed E-state index contributed by atoms with van der Waals surface area (Å²) in [7, 11) is 0. The third kappa shape index (κ3) is 4.07. The zero-order valence-corrected chi connectivity index (χ0v) is 13.2. The van der Waals surface area contributed by atoms with Crippen molar-refractivity contribution in [3.05, 3.63) is 35.4 Å². The predicted octanol–water partition coefficient (Wildman–Crippen LogP) is 2.24. The zero-order chi connectivity index (χ0) is 15.2. The molecule has 2 aliphatic heterocycles.